The number of para-hydroxylation sites is 1. The lowest BCUT2D eigenvalue weighted by atomic mass is 9.81. The molecule has 2 fully saturated rings. The van der Waals surface area contributed by atoms with Gasteiger partial charge < -0.3 is 14.8 Å². The summed E-state index contributed by atoms with van der Waals surface area (Å²) in [5.41, 5.74) is 0.00422. The number of carbonyl (C=O) groups excluding carboxylic acids is 1. The van der Waals surface area contributed by atoms with Gasteiger partial charge in [0.05, 0.1) is 10.9 Å². The summed E-state index contributed by atoms with van der Waals surface area (Å²) in [4.78, 5) is 44.9. The van der Waals surface area contributed by atoms with Crippen LogP contribution < -0.4 is 11.2 Å². The number of amides is 1. The maximum absolute atomic E-state index is 12.8. The smallest absolute Gasteiger partial charge is 0.328 e. The zero-order valence-electron chi connectivity index (χ0n) is 16.4. The monoisotopic (exact) mass is 384 g/mol. The second kappa shape index (κ2) is 7.91. The van der Waals surface area contributed by atoms with Gasteiger partial charge in [0.15, 0.2) is 0 Å². The summed E-state index contributed by atoms with van der Waals surface area (Å²) in [5.74, 6) is 0.634. The van der Waals surface area contributed by atoms with Crippen molar-refractivity contribution in [1.29, 1.82) is 0 Å². The topological polar surface area (TPSA) is 78.4 Å². The van der Waals surface area contributed by atoms with Crippen LogP contribution in [0.3, 0.4) is 0 Å². The second-order valence-corrected chi connectivity index (χ2v) is 8.24. The van der Waals surface area contributed by atoms with E-state index in [1.165, 1.54) is 4.57 Å². The van der Waals surface area contributed by atoms with Crippen molar-refractivity contribution in [3.8, 4) is 0 Å². The van der Waals surface area contributed by atoms with E-state index in [0.717, 1.165) is 51.9 Å². The molecule has 0 radical (unpaired) electrons. The highest BCUT2D eigenvalue weighted by Gasteiger charge is 2.31. The Labute approximate surface area is 163 Å². The van der Waals surface area contributed by atoms with Crippen LogP contribution in [0.25, 0.3) is 10.9 Å². The molecule has 1 aliphatic heterocycles. The quantitative estimate of drug-likeness (QED) is 0.865. The SMILES string of the molecule is CN1CCN(C(=O)C2CCC(Cn3c(=O)[nH]c4ccccc4c3=O)CC2)CC1. The summed E-state index contributed by atoms with van der Waals surface area (Å²) in [5, 5.41) is 0.543. The maximum Gasteiger partial charge on any atom is 0.328 e. The molecule has 1 aromatic carbocycles. The first-order valence-corrected chi connectivity index (χ1v) is 10.2. The van der Waals surface area contributed by atoms with Crippen LogP contribution in [0.1, 0.15) is 25.7 Å². The molecule has 7 nitrogen and oxygen atoms in total. The largest absolute Gasteiger partial charge is 0.340 e. The van der Waals surface area contributed by atoms with E-state index >= 15 is 0 Å². The molecule has 0 unspecified atom stereocenters. The minimum absolute atomic E-state index is 0.0891. The number of piperazine rings is 1. The van der Waals surface area contributed by atoms with Crippen LogP contribution in [0, 0.1) is 11.8 Å². The summed E-state index contributed by atoms with van der Waals surface area (Å²) in [6, 6.07) is 7.11. The summed E-state index contributed by atoms with van der Waals surface area (Å²) in [6.45, 7) is 3.94. The standard InChI is InChI=1S/C21H28N4O3/c1-23-10-12-24(13-11-23)19(26)16-8-6-15(7-9-16)14-25-20(27)17-4-2-3-5-18(17)22-21(25)28/h2-5,15-16H,6-14H2,1H3,(H,22,28). The summed E-state index contributed by atoms with van der Waals surface area (Å²) in [7, 11) is 2.09. The molecule has 1 saturated carbocycles. The van der Waals surface area contributed by atoms with E-state index in [1.54, 1.807) is 18.2 Å². The number of hydrogen-bond acceptors (Lipinski definition) is 4. The van der Waals surface area contributed by atoms with Gasteiger partial charge in [0.1, 0.15) is 0 Å². The molecular weight excluding hydrogens is 356 g/mol. The minimum atomic E-state index is -0.348. The van der Waals surface area contributed by atoms with Crippen LogP contribution in [0.4, 0.5) is 0 Å². The average molecular weight is 384 g/mol. The second-order valence-electron chi connectivity index (χ2n) is 8.24. The third-order valence-electron chi connectivity index (χ3n) is 6.34. The Kier molecular flexibility index (Phi) is 5.35. The third kappa shape index (κ3) is 3.76. The van der Waals surface area contributed by atoms with Crippen molar-refractivity contribution in [1.82, 2.24) is 19.4 Å². The number of likely N-dealkylation sites (N-methyl/N-ethyl adjacent to an activating group) is 1. The van der Waals surface area contributed by atoms with Crippen molar-refractivity contribution in [2.45, 2.75) is 32.2 Å². The Morgan fingerprint density at radius 3 is 2.43 bits per heavy atom. The Morgan fingerprint density at radius 1 is 1.04 bits per heavy atom. The van der Waals surface area contributed by atoms with E-state index in [4.69, 9.17) is 0 Å². The number of fused-ring (bicyclic) bond motifs is 1. The average Bonchev–Trinajstić information content (AvgIpc) is 2.72. The molecule has 0 spiro atoms. The van der Waals surface area contributed by atoms with Gasteiger partial charge in [-0.15, -0.1) is 0 Å². The minimum Gasteiger partial charge on any atom is -0.340 e. The van der Waals surface area contributed by atoms with Crippen molar-refractivity contribution < 1.29 is 4.79 Å². The lowest BCUT2D eigenvalue weighted by Crippen LogP contribution is -2.49. The number of nitrogens with one attached hydrogen (secondary N) is 1. The fraction of sp³-hybridized carbons (Fsp3) is 0.571. The molecule has 1 N–H and O–H groups in total. The number of carbonyl (C=O) groups is 1. The van der Waals surface area contributed by atoms with Crippen LogP contribution in [-0.2, 0) is 11.3 Å². The molecule has 28 heavy (non-hydrogen) atoms. The number of H-pyrrole nitrogens is 1. The molecule has 2 aliphatic rings. The van der Waals surface area contributed by atoms with E-state index in [0.29, 0.717) is 17.4 Å². The lowest BCUT2D eigenvalue weighted by Gasteiger charge is -2.36. The molecule has 2 heterocycles. The number of hydrogen-bond donors (Lipinski definition) is 1. The Balaban J connectivity index is 1.40. The number of aromatic amines is 1. The first-order valence-electron chi connectivity index (χ1n) is 10.2. The molecular formula is C21H28N4O3. The molecule has 0 bridgehead atoms. The first-order chi connectivity index (χ1) is 13.5. The van der Waals surface area contributed by atoms with Gasteiger partial charge >= 0.3 is 5.69 Å². The Bertz CT molecular complexity index is 964. The van der Waals surface area contributed by atoms with E-state index in [2.05, 4.69) is 16.9 Å². The Hall–Kier alpha value is -2.41. The molecule has 7 heteroatoms. The maximum atomic E-state index is 12.8. The number of benzene rings is 1. The highest BCUT2D eigenvalue weighted by Crippen LogP contribution is 2.31. The van der Waals surface area contributed by atoms with Crippen molar-refractivity contribution >= 4 is 16.8 Å². The van der Waals surface area contributed by atoms with Gasteiger partial charge in [-0.25, -0.2) is 4.79 Å². The van der Waals surface area contributed by atoms with Crippen molar-refractivity contribution in [2.75, 3.05) is 33.2 Å². The summed E-state index contributed by atoms with van der Waals surface area (Å²) < 4.78 is 1.33. The number of nitrogens with zero attached hydrogens (tertiary/aromatic N) is 3. The van der Waals surface area contributed by atoms with Crippen LogP contribution in [0.2, 0.25) is 0 Å². The molecule has 1 saturated heterocycles. The zero-order valence-corrected chi connectivity index (χ0v) is 16.4. The van der Waals surface area contributed by atoms with Gasteiger partial charge in [-0.2, -0.15) is 0 Å². The molecule has 1 aliphatic carbocycles. The van der Waals surface area contributed by atoms with Crippen molar-refractivity contribution in [2.24, 2.45) is 11.8 Å². The van der Waals surface area contributed by atoms with Gasteiger partial charge in [-0.05, 0) is 50.8 Å². The van der Waals surface area contributed by atoms with E-state index < -0.39 is 0 Å². The lowest BCUT2D eigenvalue weighted by molar-refractivity contribution is -0.138. The molecule has 1 amide bonds. The van der Waals surface area contributed by atoms with Gasteiger partial charge in [0, 0.05) is 38.6 Å². The molecule has 4 rings (SSSR count). The van der Waals surface area contributed by atoms with E-state index in [-0.39, 0.29) is 29.0 Å². The molecule has 2 aromatic rings. The zero-order chi connectivity index (χ0) is 19.7. The number of aromatic nitrogens is 2. The third-order valence-corrected chi connectivity index (χ3v) is 6.34. The van der Waals surface area contributed by atoms with Crippen molar-refractivity contribution in [3.63, 3.8) is 0 Å². The molecule has 150 valence electrons. The predicted octanol–water partition coefficient (Wildman–Crippen LogP) is 1.27. The van der Waals surface area contributed by atoms with Gasteiger partial charge in [-0.3, -0.25) is 14.2 Å². The van der Waals surface area contributed by atoms with Crippen LogP contribution in [0.5, 0.6) is 0 Å². The highest BCUT2D eigenvalue weighted by atomic mass is 16.2. The van der Waals surface area contributed by atoms with Crippen LogP contribution in [0.15, 0.2) is 33.9 Å². The van der Waals surface area contributed by atoms with Crippen LogP contribution in [-0.4, -0.2) is 58.5 Å². The highest BCUT2D eigenvalue weighted by molar-refractivity contribution is 5.79. The summed E-state index contributed by atoms with van der Waals surface area (Å²) >= 11 is 0. The van der Waals surface area contributed by atoms with Gasteiger partial charge in [0.25, 0.3) is 5.56 Å². The van der Waals surface area contributed by atoms with E-state index in [9.17, 15) is 14.4 Å². The predicted molar refractivity (Wildman–Crippen MR) is 108 cm³/mol. The number of rotatable bonds is 3. The normalized spacial score (nSPS) is 23.8. The first kappa shape index (κ1) is 18.9. The summed E-state index contributed by atoms with van der Waals surface area (Å²) in [6.07, 6.45) is 3.44. The van der Waals surface area contributed by atoms with Gasteiger partial charge in [-0.1, -0.05) is 12.1 Å². The molecule has 0 atom stereocenters. The fourth-order valence-corrected chi connectivity index (χ4v) is 4.50. The van der Waals surface area contributed by atoms with Gasteiger partial charge in [0.2, 0.25) is 5.91 Å². The van der Waals surface area contributed by atoms with Crippen LogP contribution >= 0.6 is 0 Å². The Morgan fingerprint density at radius 2 is 1.71 bits per heavy atom. The van der Waals surface area contributed by atoms with E-state index in [1.807, 2.05) is 11.0 Å². The van der Waals surface area contributed by atoms with Crippen molar-refractivity contribution in [3.05, 3.63) is 45.1 Å². The fourth-order valence-electron chi connectivity index (χ4n) is 4.50. The molecule has 1 aromatic heterocycles.